The summed E-state index contributed by atoms with van der Waals surface area (Å²) >= 11 is 0. The lowest BCUT2D eigenvalue weighted by Crippen LogP contribution is -2.13. The third-order valence-electron chi connectivity index (χ3n) is 1.94. The van der Waals surface area contributed by atoms with E-state index in [4.69, 9.17) is 5.73 Å². The van der Waals surface area contributed by atoms with Crippen molar-refractivity contribution in [3.05, 3.63) is 24.3 Å². The number of benzene rings is 1. The number of nitrogens with two attached hydrogens (primary N) is 1. The molecule has 0 aliphatic rings. The molecule has 0 spiro atoms. The van der Waals surface area contributed by atoms with Crippen molar-refractivity contribution in [1.29, 1.82) is 0 Å². The number of hydrogen-bond donors (Lipinski definition) is 2. The summed E-state index contributed by atoms with van der Waals surface area (Å²) in [6, 6.07) is 8.34. The summed E-state index contributed by atoms with van der Waals surface area (Å²) < 4.78 is 0. The topological polar surface area (TPSA) is 38.0 Å². The van der Waals surface area contributed by atoms with E-state index in [1.165, 1.54) is 0 Å². The highest BCUT2D eigenvalue weighted by atomic mass is 14.9. The standard InChI is InChI=1S/C10H16N2/c1-3-8(2)12-10-6-4-9(11)5-7-10/h4-8,12H,3,11H2,1-2H3. The fourth-order valence-corrected chi connectivity index (χ4v) is 0.966. The van der Waals surface area contributed by atoms with Crippen LogP contribution in [0.1, 0.15) is 20.3 Å². The van der Waals surface area contributed by atoms with Crippen molar-refractivity contribution in [3.8, 4) is 0 Å². The lowest BCUT2D eigenvalue weighted by molar-refractivity contribution is 0.764. The quantitative estimate of drug-likeness (QED) is 0.673. The molecule has 0 fully saturated rings. The molecule has 1 aromatic carbocycles. The van der Waals surface area contributed by atoms with Crippen LogP contribution in [0, 0.1) is 0 Å². The molecule has 12 heavy (non-hydrogen) atoms. The first-order chi connectivity index (χ1) is 5.72. The molecule has 3 N–H and O–H groups in total. The van der Waals surface area contributed by atoms with E-state index in [1.807, 2.05) is 24.3 Å². The third-order valence-corrected chi connectivity index (χ3v) is 1.94. The van der Waals surface area contributed by atoms with Crippen molar-refractivity contribution in [2.45, 2.75) is 26.3 Å². The second kappa shape index (κ2) is 4.00. The predicted octanol–water partition coefficient (Wildman–Crippen LogP) is 2.48. The Bertz CT molecular complexity index is 228. The van der Waals surface area contributed by atoms with Crippen molar-refractivity contribution >= 4 is 11.4 Å². The Hall–Kier alpha value is -1.18. The molecule has 66 valence electrons. The first kappa shape index (κ1) is 8.91. The molecule has 0 aliphatic heterocycles. The van der Waals surface area contributed by atoms with Gasteiger partial charge < -0.3 is 11.1 Å². The van der Waals surface area contributed by atoms with Gasteiger partial charge in [-0.15, -0.1) is 0 Å². The maximum Gasteiger partial charge on any atom is 0.0343 e. The van der Waals surface area contributed by atoms with Gasteiger partial charge in [0.2, 0.25) is 0 Å². The predicted molar refractivity (Wildman–Crippen MR) is 54.2 cm³/mol. The largest absolute Gasteiger partial charge is 0.399 e. The Labute approximate surface area is 73.8 Å². The molecule has 0 radical (unpaired) electrons. The van der Waals surface area contributed by atoms with E-state index in [0.717, 1.165) is 17.8 Å². The Morgan fingerprint density at radius 1 is 1.33 bits per heavy atom. The SMILES string of the molecule is CCC(C)Nc1ccc(N)cc1. The minimum Gasteiger partial charge on any atom is -0.399 e. The summed E-state index contributed by atoms with van der Waals surface area (Å²) in [4.78, 5) is 0. The molecule has 0 bridgehead atoms. The van der Waals surface area contributed by atoms with Crippen molar-refractivity contribution in [3.63, 3.8) is 0 Å². The smallest absolute Gasteiger partial charge is 0.0343 e. The Kier molecular flexibility index (Phi) is 2.97. The maximum absolute atomic E-state index is 5.56. The first-order valence-corrected chi connectivity index (χ1v) is 4.34. The molecule has 2 nitrogen and oxygen atoms in total. The van der Waals surface area contributed by atoms with Crippen molar-refractivity contribution in [2.75, 3.05) is 11.1 Å². The van der Waals surface area contributed by atoms with Gasteiger partial charge in [0.1, 0.15) is 0 Å². The lowest BCUT2D eigenvalue weighted by atomic mass is 10.2. The van der Waals surface area contributed by atoms with Crippen molar-refractivity contribution in [1.82, 2.24) is 0 Å². The molecule has 2 heteroatoms. The van der Waals surface area contributed by atoms with Gasteiger partial charge in [0.25, 0.3) is 0 Å². The van der Waals surface area contributed by atoms with Gasteiger partial charge in [0, 0.05) is 17.4 Å². The van der Waals surface area contributed by atoms with Crippen LogP contribution in [0.15, 0.2) is 24.3 Å². The Morgan fingerprint density at radius 2 is 1.92 bits per heavy atom. The third kappa shape index (κ3) is 2.46. The summed E-state index contributed by atoms with van der Waals surface area (Å²) in [7, 11) is 0. The zero-order valence-corrected chi connectivity index (χ0v) is 7.67. The van der Waals surface area contributed by atoms with Crippen LogP contribution in [-0.2, 0) is 0 Å². The van der Waals surface area contributed by atoms with E-state index in [2.05, 4.69) is 19.2 Å². The second-order valence-electron chi connectivity index (χ2n) is 3.08. The maximum atomic E-state index is 5.56. The van der Waals surface area contributed by atoms with Crippen molar-refractivity contribution in [2.24, 2.45) is 0 Å². The number of rotatable bonds is 3. The first-order valence-electron chi connectivity index (χ1n) is 4.34. The van der Waals surface area contributed by atoms with Gasteiger partial charge in [-0.2, -0.15) is 0 Å². The van der Waals surface area contributed by atoms with E-state index in [1.54, 1.807) is 0 Å². The summed E-state index contributed by atoms with van der Waals surface area (Å²) in [5.41, 5.74) is 7.51. The molecule has 0 saturated carbocycles. The number of hydrogen-bond acceptors (Lipinski definition) is 2. The number of nitrogen functional groups attached to an aromatic ring is 1. The molecular formula is C10H16N2. The number of nitrogens with one attached hydrogen (secondary N) is 1. The molecular weight excluding hydrogens is 148 g/mol. The molecule has 0 amide bonds. The van der Waals surface area contributed by atoms with Crippen LogP contribution in [0.5, 0.6) is 0 Å². The monoisotopic (exact) mass is 164 g/mol. The molecule has 0 aromatic heterocycles. The van der Waals surface area contributed by atoms with Gasteiger partial charge >= 0.3 is 0 Å². The molecule has 1 aromatic rings. The summed E-state index contributed by atoms with van der Waals surface area (Å²) in [5, 5.41) is 3.36. The van der Waals surface area contributed by atoms with Crippen LogP contribution >= 0.6 is 0 Å². The van der Waals surface area contributed by atoms with Gasteiger partial charge in [-0.05, 0) is 37.6 Å². The molecule has 0 aliphatic carbocycles. The van der Waals surface area contributed by atoms with E-state index in [0.29, 0.717) is 6.04 Å². The van der Waals surface area contributed by atoms with Gasteiger partial charge in [-0.1, -0.05) is 6.92 Å². The molecule has 1 rings (SSSR count). The van der Waals surface area contributed by atoms with Crippen LogP contribution < -0.4 is 11.1 Å². The van der Waals surface area contributed by atoms with Gasteiger partial charge in [-0.25, -0.2) is 0 Å². The van der Waals surface area contributed by atoms with E-state index in [9.17, 15) is 0 Å². The lowest BCUT2D eigenvalue weighted by Gasteiger charge is -2.12. The van der Waals surface area contributed by atoms with Gasteiger partial charge in [0.05, 0.1) is 0 Å². The second-order valence-corrected chi connectivity index (χ2v) is 3.08. The highest BCUT2D eigenvalue weighted by molar-refractivity contribution is 5.51. The summed E-state index contributed by atoms with van der Waals surface area (Å²) in [6.45, 7) is 4.32. The Morgan fingerprint density at radius 3 is 2.42 bits per heavy atom. The fraction of sp³-hybridized carbons (Fsp3) is 0.400. The van der Waals surface area contributed by atoms with Gasteiger partial charge in [0.15, 0.2) is 0 Å². The highest BCUT2D eigenvalue weighted by Crippen LogP contribution is 2.12. The summed E-state index contributed by atoms with van der Waals surface area (Å²) in [6.07, 6.45) is 1.13. The van der Waals surface area contributed by atoms with Crippen LogP contribution in [0.4, 0.5) is 11.4 Å². The van der Waals surface area contributed by atoms with Crippen LogP contribution in [0.25, 0.3) is 0 Å². The Balaban J connectivity index is 2.58. The fourth-order valence-electron chi connectivity index (χ4n) is 0.966. The van der Waals surface area contributed by atoms with E-state index >= 15 is 0 Å². The van der Waals surface area contributed by atoms with Crippen molar-refractivity contribution < 1.29 is 0 Å². The summed E-state index contributed by atoms with van der Waals surface area (Å²) in [5.74, 6) is 0. The molecule has 0 saturated heterocycles. The number of anilines is 2. The minimum atomic E-state index is 0.522. The van der Waals surface area contributed by atoms with E-state index in [-0.39, 0.29) is 0 Å². The molecule has 0 heterocycles. The minimum absolute atomic E-state index is 0.522. The molecule has 1 atom stereocenters. The average Bonchev–Trinajstić information content (AvgIpc) is 2.09. The zero-order chi connectivity index (χ0) is 8.97. The van der Waals surface area contributed by atoms with E-state index < -0.39 is 0 Å². The zero-order valence-electron chi connectivity index (χ0n) is 7.67. The van der Waals surface area contributed by atoms with Gasteiger partial charge in [-0.3, -0.25) is 0 Å². The molecule has 1 unspecified atom stereocenters. The average molecular weight is 164 g/mol. The highest BCUT2D eigenvalue weighted by Gasteiger charge is 1.96. The van der Waals surface area contributed by atoms with Crippen LogP contribution in [0.3, 0.4) is 0 Å². The van der Waals surface area contributed by atoms with Crippen LogP contribution in [-0.4, -0.2) is 6.04 Å². The van der Waals surface area contributed by atoms with Crippen LogP contribution in [0.2, 0.25) is 0 Å². The normalized spacial score (nSPS) is 12.5.